The summed E-state index contributed by atoms with van der Waals surface area (Å²) >= 11 is 0. The maximum Gasteiger partial charge on any atom is 0.0921 e. The molecule has 0 radical (unpaired) electrons. The van der Waals surface area contributed by atoms with Crippen molar-refractivity contribution in [3.63, 3.8) is 0 Å². The summed E-state index contributed by atoms with van der Waals surface area (Å²) in [5, 5.41) is 3.44. The van der Waals surface area contributed by atoms with Crippen LogP contribution >= 0.6 is 0 Å². The lowest BCUT2D eigenvalue weighted by Crippen LogP contribution is -2.16. The number of imidazole rings is 1. The van der Waals surface area contributed by atoms with Gasteiger partial charge in [-0.05, 0) is 30.5 Å². The van der Waals surface area contributed by atoms with Crippen molar-refractivity contribution in [2.75, 3.05) is 6.54 Å². The lowest BCUT2D eigenvalue weighted by Gasteiger charge is -2.06. The topological polar surface area (TPSA) is 40.7 Å². The maximum atomic E-state index is 4.00. The summed E-state index contributed by atoms with van der Waals surface area (Å²) < 4.78 is 0. The van der Waals surface area contributed by atoms with E-state index in [-0.39, 0.29) is 0 Å². The van der Waals surface area contributed by atoms with Crippen LogP contribution in [-0.4, -0.2) is 16.5 Å². The molecule has 0 saturated heterocycles. The fourth-order valence-corrected chi connectivity index (χ4v) is 1.79. The molecule has 1 heterocycles. The van der Waals surface area contributed by atoms with Gasteiger partial charge in [0.1, 0.15) is 0 Å². The van der Waals surface area contributed by atoms with Crippen LogP contribution in [0.3, 0.4) is 0 Å². The van der Waals surface area contributed by atoms with Crippen LogP contribution in [-0.2, 0) is 13.0 Å². The summed E-state index contributed by atoms with van der Waals surface area (Å²) in [6.07, 6.45) is 4.58. The van der Waals surface area contributed by atoms with Crippen molar-refractivity contribution in [3.8, 4) is 0 Å². The van der Waals surface area contributed by atoms with E-state index in [0.29, 0.717) is 0 Å². The van der Waals surface area contributed by atoms with E-state index in [1.54, 1.807) is 6.33 Å². The molecule has 2 rings (SSSR count). The Hall–Kier alpha value is -1.61. The average molecular weight is 229 g/mol. The van der Waals surface area contributed by atoms with E-state index >= 15 is 0 Å². The van der Waals surface area contributed by atoms with Crippen LogP contribution in [0.15, 0.2) is 30.7 Å². The van der Waals surface area contributed by atoms with E-state index in [2.05, 4.69) is 47.3 Å². The van der Waals surface area contributed by atoms with Crippen molar-refractivity contribution in [1.82, 2.24) is 15.3 Å². The fourth-order valence-electron chi connectivity index (χ4n) is 1.79. The van der Waals surface area contributed by atoms with Crippen LogP contribution in [0, 0.1) is 13.8 Å². The van der Waals surface area contributed by atoms with Gasteiger partial charge in [-0.25, -0.2) is 4.98 Å². The summed E-state index contributed by atoms with van der Waals surface area (Å²) in [7, 11) is 0. The Labute approximate surface area is 102 Å². The van der Waals surface area contributed by atoms with E-state index in [4.69, 9.17) is 0 Å². The lowest BCUT2D eigenvalue weighted by atomic mass is 10.1. The molecule has 1 aromatic heterocycles. The van der Waals surface area contributed by atoms with Crippen LogP contribution in [0.1, 0.15) is 22.4 Å². The van der Waals surface area contributed by atoms with Gasteiger partial charge in [0.15, 0.2) is 0 Å². The minimum atomic E-state index is 0.926. The molecule has 0 unspecified atom stereocenters. The van der Waals surface area contributed by atoms with Crippen molar-refractivity contribution >= 4 is 0 Å². The summed E-state index contributed by atoms with van der Waals surface area (Å²) in [5.74, 6) is 0. The van der Waals surface area contributed by atoms with Crippen LogP contribution in [0.2, 0.25) is 0 Å². The summed E-state index contributed by atoms with van der Waals surface area (Å²) in [4.78, 5) is 7.10. The van der Waals surface area contributed by atoms with Crippen molar-refractivity contribution in [2.45, 2.75) is 26.8 Å². The Balaban J connectivity index is 1.76. The molecule has 0 aliphatic carbocycles. The molecule has 3 nitrogen and oxygen atoms in total. The quantitative estimate of drug-likeness (QED) is 0.773. The van der Waals surface area contributed by atoms with Crippen LogP contribution < -0.4 is 5.32 Å². The highest BCUT2D eigenvalue weighted by Crippen LogP contribution is 2.09. The maximum absolute atomic E-state index is 4.00. The number of benzene rings is 1. The van der Waals surface area contributed by atoms with Gasteiger partial charge >= 0.3 is 0 Å². The van der Waals surface area contributed by atoms with Crippen molar-refractivity contribution in [1.29, 1.82) is 0 Å². The monoisotopic (exact) mass is 229 g/mol. The molecule has 0 fully saturated rings. The molecule has 3 heteroatoms. The number of aryl methyl sites for hydroxylation is 2. The third-order valence-electron chi connectivity index (χ3n) is 3.03. The molecule has 2 aromatic rings. The number of hydrogen-bond donors (Lipinski definition) is 2. The van der Waals surface area contributed by atoms with Gasteiger partial charge in [-0.3, -0.25) is 0 Å². The molecule has 0 saturated carbocycles. The molecule has 17 heavy (non-hydrogen) atoms. The van der Waals surface area contributed by atoms with Gasteiger partial charge in [0, 0.05) is 31.4 Å². The van der Waals surface area contributed by atoms with E-state index < -0.39 is 0 Å². The van der Waals surface area contributed by atoms with Crippen LogP contribution in [0.25, 0.3) is 0 Å². The first-order valence-electron chi connectivity index (χ1n) is 6.00. The molecule has 1 aromatic carbocycles. The predicted octanol–water partition coefficient (Wildman–Crippen LogP) is 2.36. The van der Waals surface area contributed by atoms with Crippen LogP contribution in [0.5, 0.6) is 0 Å². The van der Waals surface area contributed by atoms with E-state index in [0.717, 1.165) is 19.5 Å². The first kappa shape index (κ1) is 11.9. The number of H-pyrrole nitrogens is 1. The van der Waals surface area contributed by atoms with Gasteiger partial charge in [0.2, 0.25) is 0 Å². The lowest BCUT2D eigenvalue weighted by molar-refractivity contribution is 0.681. The van der Waals surface area contributed by atoms with Crippen molar-refractivity contribution in [3.05, 3.63) is 53.1 Å². The molecule has 0 atom stereocenters. The summed E-state index contributed by atoms with van der Waals surface area (Å²) in [6, 6.07) is 6.62. The Bertz CT molecular complexity index is 460. The van der Waals surface area contributed by atoms with Gasteiger partial charge < -0.3 is 10.3 Å². The summed E-state index contributed by atoms with van der Waals surface area (Å²) in [5.41, 5.74) is 5.24. The van der Waals surface area contributed by atoms with Crippen molar-refractivity contribution in [2.24, 2.45) is 0 Å². The molecule has 0 amide bonds. The Morgan fingerprint density at radius 3 is 2.82 bits per heavy atom. The molecule has 0 aliphatic rings. The number of aromatic amines is 1. The minimum absolute atomic E-state index is 0.926. The highest BCUT2D eigenvalue weighted by Gasteiger charge is 1.97. The Kier molecular flexibility index (Phi) is 3.94. The molecular weight excluding hydrogens is 210 g/mol. The summed E-state index contributed by atoms with van der Waals surface area (Å²) in [6.45, 7) is 6.19. The SMILES string of the molecule is Cc1ccc(CNCCc2cnc[nH]2)cc1C. The van der Waals surface area contributed by atoms with E-state index in [9.17, 15) is 0 Å². The van der Waals surface area contributed by atoms with E-state index in [1.807, 2.05) is 6.20 Å². The second-order valence-corrected chi connectivity index (χ2v) is 4.42. The van der Waals surface area contributed by atoms with Gasteiger partial charge in [-0.15, -0.1) is 0 Å². The fraction of sp³-hybridized carbons (Fsp3) is 0.357. The van der Waals surface area contributed by atoms with Gasteiger partial charge in [0.25, 0.3) is 0 Å². The zero-order chi connectivity index (χ0) is 12.1. The van der Waals surface area contributed by atoms with Gasteiger partial charge in [-0.1, -0.05) is 18.2 Å². The number of nitrogens with one attached hydrogen (secondary N) is 2. The van der Waals surface area contributed by atoms with Gasteiger partial charge in [-0.2, -0.15) is 0 Å². The molecule has 2 N–H and O–H groups in total. The Morgan fingerprint density at radius 1 is 1.24 bits per heavy atom. The highest BCUT2D eigenvalue weighted by molar-refractivity contribution is 5.29. The van der Waals surface area contributed by atoms with Gasteiger partial charge in [0.05, 0.1) is 6.33 Å². The predicted molar refractivity (Wildman–Crippen MR) is 69.9 cm³/mol. The third-order valence-corrected chi connectivity index (χ3v) is 3.03. The number of aromatic nitrogens is 2. The molecule has 0 bridgehead atoms. The highest BCUT2D eigenvalue weighted by atomic mass is 14.9. The van der Waals surface area contributed by atoms with Crippen molar-refractivity contribution < 1.29 is 0 Å². The second-order valence-electron chi connectivity index (χ2n) is 4.42. The smallest absolute Gasteiger partial charge is 0.0921 e. The van der Waals surface area contributed by atoms with E-state index in [1.165, 1.54) is 22.4 Å². The molecule has 0 spiro atoms. The average Bonchev–Trinajstić information content (AvgIpc) is 2.82. The zero-order valence-corrected chi connectivity index (χ0v) is 10.5. The number of hydrogen-bond acceptors (Lipinski definition) is 2. The molecular formula is C14H19N3. The minimum Gasteiger partial charge on any atom is -0.348 e. The zero-order valence-electron chi connectivity index (χ0n) is 10.5. The normalized spacial score (nSPS) is 10.7. The standard InChI is InChI=1S/C14H19N3/c1-11-3-4-13(7-12(11)2)8-15-6-5-14-9-16-10-17-14/h3-4,7,9-10,15H,5-6,8H2,1-2H3,(H,16,17). The largest absolute Gasteiger partial charge is 0.348 e. The van der Waals surface area contributed by atoms with Crippen LogP contribution in [0.4, 0.5) is 0 Å². The first-order chi connectivity index (χ1) is 8.25. The number of nitrogens with zero attached hydrogens (tertiary/aromatic N) is 1. The Morgan fingerprint density at radius 2 is 2.12 bits per heavy atom. The first-order valence-corrected chi connectivity index (χ1v) is 6.00. The third kappa shape index (κ3) is 3.43. The number of rotatable bonds is 5. The second kappa shape index (κ2) is 5.64. The molecule has 90 valence electrons. The molecule has 0 aliphatic heterocycles.